The number of piperazine rings is 1. The zero-order chi connectivity index (χ0) is 18.5. The van der Waals surface area contributed by atoms with Crippen molar-refractivity contribution in [2.75, 3.05) is 31.1 Å². The lowest BCUT2D eigenvalue weighted by Gasteiger charge is -2.35. The number of hydrogen-bond acceptors (Lipinski definition) is 6. The lowest BCUT2D eigenvalue weighted by molar-refractivity contribution is 0.378. The van der Waals surface area contributed by atoms with Crippen molar-refractivity contribution in [1.82, 2.24) is 29.4 Å². The van der Waals surface area contributed by atoms with Crippen LogP contribution in [0.2, 0.25) is 0 Å². The van der Waals surface area contributed by atoms with Gasteiger partial charge in [-0.1, -0.05) is 6.07 Å². The number of guanidine groups is 1. The van der Waals surface area contributed by atoms with Crippen molar-refractivity contribution in [2.24, 2.45) is 10.7 Å². The predicted molar refractivity (Wildman–Crippen MR) is 103 cm³/mol. The summed E-state index contributed by atoms with van der Waals surface area (Å²) in [6, 6.07) is 5.73. The second-order valence-corrected chi connectivity index (χ2v) is 6.15. The van der Waals surface area contributed by atoms with E-state index in [0.717, 1.165) is 43.5 Å². The third-order valence-electron chi connectivity index (χ3n) is 4.47. The standard InChI is InChI=1S/C18H21N9/c19-17(25-9-11-26(12-10-25)18-22-5-2-6-23-18)24-13-15-3-1-4-21-16(15)27-8-7-20-14-27/h1-8,14H,9-13H2,(H2,19,24). The number of pyridine rings is 1. The second kappa shape index (κ2) is 7.81. The maximum Gasteiger partial charge on any atom is 0.225 e. The van der Waals surface area contributed by atoms with Crippen LogP contribution in [-0.2, 0) is 6.54 Å². The summed E-state index contributed by atoms with van der Waals surface area (Å²) in [4.78, 5) is 25.9. The van der Waals surface area contributed by atoms with Crippen molar-refractivity contribution in [3.05, 3.63) is 61.1 Å². The highest BCUT2D eigenvalue weighted by Gasteiger charge is 2.20. The Morgan fingerprint density at radius 2 is 1.78 bits per heavy atom. The third-order valence-corrected chi connectivity index (χ3v) is 4.47. The maximum atomic E-state index is 6.24. The van der Waals surface area contributed by atoms with Gasteiger partial charge in [0.05, 0.1) is 6.54 Å². The summed E-state index contributed by atoms with van der Waals surface area (Å²) in [5, 5.41) is 0. The fraction of sp³-hybridized carbons (Fsp3) is 0.278. The van der Waals surface area contributed by atoms with Crippen molar-refractivity contribution in [3.63, 3.8) is 0 Å². The van der Waals surface area contributed by atoms with Crippen molar-refractivity contribution in [3.8, 4) is 5.82 Å². The molecule has 0 saturated carbocycles. The van der Waals surface area contributed by atoms with E-state index in [4.69, 9.17) is 5.73 Å². The molecular weight excluding hydrogens is 342 g/mol. The summed E-state index contributed by atoms with van der Waals surface area (Å²) in [7, 11) is 0. The van der Waals surface area contributed by atoms with E-state index in [1.54, 1.807) is 31.1 Å². The molecule has 1 aliphatic heterocycles. The van der Waals surface area contributed by atoms with Crippen LogP contribution in [0.3, 0.4) is 0 Å². The molecule has 2 N–H and O–H groups in total. The number of nitrogens with zero attached hydrogens (tertiary/aromatic N) is 8. The van der Waals surface area contributed by atoms with Crippen LogP contribution >= 0.6 is 0 Å². The maximum absolute atomic E-state index is 6.24. The first-order valence-corrected chi connectivity index (χ1v) is 8.80. The highest BCUT2D eigenvalue weighted by molar-refractivity contribution is 5.78. The van der Waals surface area contributed by atoms with Gasteiger partial charge in [-0.2, -0.15) is 0 Å². The van der Waals surface area contributed by atoms with Crippen molar-refractivity contribution >= 4 is 11.9 Å². The number of imidazole rings is 1. The van der Waals surface area contributed by atoms with E-state index < -0.39 is 0 Å². The first kappa shape index (κ1) is 17.0. The Balaban J connectivity index is 1.40. The van der Waals surface area contributed by atoms with E-state index in [-0.39, 0.29) is 0 Å². The topological polar surface area (TPSA) is 101 Å². The Morgan fingerprint density at radius 1 is 1.00 bits per heavy atom. The van der Waals surface area contributed by atoms with E-state index in [2.05, 4.69) is 34.7 Å². The highest BCUT2D eigenvalue weighted by atomic mass is 15.4. The van der Waals surface area contributed by atoms with Gasteiger partial charge >= 0.3 is 0 Å². The second-order valence-electron chi connectivity index (χ2n) is 6.15. The average Bonchev–Trinajstić information content (AvgIpc) is 3.28. The predicted octanol–water partition coefficient (Wildman–Crippen LogP) is 0.694. The zero-order valence-corrected chi connectivity index (χ0v) is 14.9. The minimum Gasteiger partial charge on any atom is -0.370 e. The Bertz CT molecular complexity index is 884. The SMILES string of the molecule is NC(=NCc1cccnc1-n1ccnc1)N1CCN(c2ncccn2)CC1. The minimum atomic E-state index is 0.467. The number of rotatable bonds is 4. The van der Waals surface area contributed by atoms with Crippen LogP contribution in [0.5, 0.6) is 0 Å². The van der Waals surface area contributed by atoms with Crippen LogP contribution < -0.4 is 10.6 Å². The van der Waals surface area contributed by atoms with E-state index >= 15 is 0 Å². The van der Waals surface area contributed by atoms with Crippen molar-refractivity contribution < 1.29 is 0 Å². The summed E-state index contributed by atoms with van der Waals surface area (Å²) in [5.74, 6) is 2.12. The van der Waals surface area contributed by atoms with Crippen LogP contribution in [-0.4, -0.2) is 61.5 Å². The number of hydrogen-bond donors (Lipinski definition) is 1. The number of aliphatic imine (C=N–C) groups is 1. The van der Waals surface area contributed by atoms with E-state index in [1.807, 2.05) is 29.0 Å². The fourth-order valence-corrected chi connectivity index (χ4v) is 3.03. The van der Waals surface area contributed by atoms with Gasteiger partial charge in [-0.25, -0.2) is 24.9 Å². The van der Waals surface area contributed by atoms with E-state index in [1.165, 1.54) is 0 Å². The fourth-order valence-electron chi connectivity index (χ4n) is 3.03. The summed E-state index contributed by atoms with van der Waals surface area (Å²) in [6.07, 6.45) is 10.6. The van der Waals surface area contributed by atoms with Crippen molar-refractivity contribution in [1.29, 1.82) is 0 Å². The molecule has 9 heteroatoms. The molecule has 0 aliphatic carbocycles. The molecule has 0 spiro atoms. The molecule has 3 aromatic heterocycles. The molecule has 0 amide bonds. The van der Waals surface area contributed by atoms with Gasteiger partial charge in [-0.05, 0) is 12.1 Å². The Kier molecular flexibility index (Phi) is 4.91. The van der Waals surface area contributed by atoms with Crippen molar-refractivity contribution in [2.45, 2.75) is 6.54 Å². The molecule has 0 atom stereocenters. The molecule has 1 aliphatic rings. The van der Waals surface area contributed by atoms with Gasteiger partial charge in [-0.15, -0.1) is 0 Å². The van der Waals surface area contributed by atoms with Gasteiger partial charge in [0.25, 0.3) is 0 Å². The number of aromatic nitrogens is 5. The first-order valence-electron chi connectivity index (χ1n) is 8.80. The smallest absolute Gasteiger partial charge is 0.225 e. The lowest BCUT2D eigenvalue weighted by atomic mass is 10.2. The molecule has 4 rings (SSSR count). The van der Waals surface area contributed by atoms with Gasteiger partial charge in [0.1, 0.15) is 12.1 Å². The van der Waals surface area contributed by atoms with Crippen LogP contribution in [0.25, 0.3) is 5.82 Å². The van der Waals surface area contributed by atoms with Gasteiger partial charge in [0.15, 0.2) is 5.96 Å². The normalized spacial score (nSPS) is 15.2. The van der Waals surface area contributed by atoms with Gasteiger partial charge in [0.2, 0.25) is 5.95 Å². The van der Waals surface area contributed by atoms with Gasteiger partial charge in [-0.3, -0.25) is 4.57 Å². The van der Waals surface area contributed by atoms with Crippen LogP contribution in [0.15, 0.2) is 60.5 Å². The molecule has 0 bridgehead atoms. The Morgan fingerprint density at radius 3 is 2.52 bits per heavy atom. The number of nitrogens with two attached hydrogens (primary N) is 1. The summed E-state index contributed by atoms with van der Waals surface area (Å²) in [5.41, 5.74) is 7.23. The number of anilines is 1. The molecule has 1 fully saturated rings. The largest absolute Gasteiger partial charge is 0.370 e. The summed E-state index contributed by atoms with van der Waals surface area (Å²) >= 11 is 0. The molecule has 3 aromatic rings. The molecular formula is C18H21N9. The molecule has 138 valence electrons. The lowest BCUT2D eigenvalue weighted by Crippen LogP contribution is -2.51. The Labute approximate surface area is 157 Å². The minimum absolute atomic E-state index is 0.467. The van der Waals surface area contributed by atoms with Gasteiger partial charge in [0, 0.05) is 62.7 Å². The van der Waals surface area contributed by atoms with Crippen LogP contribution in [0.1, 0.15) is 5.56 Å². The molecule has 0 radical (unpaired) electrons. The monoisotopic (exact) mass is 363 g/mol. The third kappa shape index (κ3) is 3.86. The molecule has 9 nitrogen and oxygen atoms in total. The van der Waals surface area contributed by atoms with Crippen LogP contribution in [0, 0.1) is 0 Å². The molecule has 0 unspecified atom stereocenters. The highest BCUT2D eigenvalue weighted by Crippen LogP contribution is 2.13. The molecule has 27 heavy (non-hydrogen) atoms. The van der Waals surface area contributed by atoms with Crippen LogP contribution in [0.4, 0.5) is 5.95 Å². The Hall–Kier alpha value is -3.49. The molecule has 4 heterocycles. The van der Waals surface area contributed by atoms with E-state index in [9.17, 15) is 0 Å². The van der Waals surface area contributed by atoms with E-state index in [0.29, 0.717) is 12.5 Å². The molecule has 0 aromatic carbocycles. The summed E-state index contributed by atoms with van der Waals surface area (Å²) < 4.78 is 1.87. The average molecular weight is 363 g/mol. The zero-order valence-electron chi connectivity index (χ0n) is 14.9. The quantitative estimate of drug-likeness (QED) is 0.538. The molecule has 1 saturated heterocycles. The van der Waals surface area contributed by atoms with Gasteiger partial charge < -0.3 is 15.5 Å². The first-order chi connectivity index (χ1) is 13.3. The summed E-state index contributed by atoms with van der Waals surface area (Å²) in [6.45, 7) is 3.67.